The van der Waals surface area contributed by atoms with Crippen molar-refractivity contribution in [3.05, 3.63) is 40.1 Å². The first kappa shape index (κ1) is 14.3. The fraction of sp³-hybridized carbons (Fsp3) is 0.231. The Kier molecular flexibility index (Phi) is 3.85. The van der Waals surface area contributed by atoms with Crippen LogP contribution in [-0.4, -0.2) is 15.2 Å². The van der Waals surface area contributed by atoms with Crippen molar-refractivity contribution in [2.24, 2.45) is 5.73 Å². The fourth-order valence-corrected chi connectivity index (χ4v) is 4.09. The number of rotatable bonds is 5. The molecule has 0 spiro atoms. The molecule has 0 unspecified atom stereocenters. The number of benzene rings is 1. The summed E-state index contributed by atoms with van der Waals surface area (Å²) in [6.45, 7) is 0.719. The van der Waals surface area contributed by atoms with E-state index in [1.54, 1.807) is 29.6 Å². The van der Waals surface area contributed by atoms with E-state index >= 15 is 0 Å². The molecular weight excluding hydrogens is 312 g/mol. The van der Waals surface area contributed by atoms with Gasteiger partial charge in [0.25, 0.3) is 0 Å². The molecule has 0 amide bonds. The van der Waals surface area contributed by atoms with E-state index in [-0.39, 0.29) is 18.2 Å². The molecule has 21 heavy (non-hydrogen) atoms. The zero-order valence-electron chi connectivity index (χ0n) is 11.0. The number of sulfonamides is 1. The monoisotopic (exact) mass is 326 g/mol. The summed E-state index contributed by atoms with van der Waals surface area (Å²) in [5.41, 5.74) is 6.30. The average molecular weight is 326 g/mol. The standard InChI is InChI=1S/C13H14N2O4S2/c14-5-10-4-11(7-20-10)21(16,17)15-6-9-1-2-12-13(3-9)19-8-18-12/h1-4,7,15H,5-6,8,14H2. The molecule has 0 fully saturated rings. The summed E-state index contributed by atoms with van der Waals surface area (Å²) in [4.78, 5) is 1.08. The highest BCUT2D eigenvalue weighted by Gasteiger charge is 2.17. The Bertz CT molecular complexity index is 755. The molecule has 1 aliphatic heterocycles. The van der Waals surface area contributed by atoms with Crippen LogP contribution >= 0.6 is 11.3 Å². The lowest BCUT2D eigenvalue weighted by Gasteiger charge is -2.06. The van der Waals surface area contributed by atoms with Crippen LogP contribution < -0.4 is 19.9 Å². The second-order valence-electron chi connectivity index (χ2n) is 4.47. The maximum absolute atomic E-state index is 12.2. The van der Waals surface area contributed by atoms with E-state index < -0.39 is 10.0 Å². The molecule has 8 heteroatoms. The van der Waals surface area contributed by atoms with E-state index in [4.69, 9.17) is 15.2 Å². The summed E-state index contributed by atoms with van der Waals surface area (Å²) >= 11 is 1.33. The molecule has 112 valence electrons. The van der Waals surface area contributed by atoms with Crippen LogP contribution in [0, 0.1) is 0 Å². The predicted molar refractivity (Wildman–Crippen MR) is 78.8 cm³/mol. The van der Waals surface area contributed by atoms with Crippen molar-refractivity contribution in [3.63, 3.8) is 0 Å². The number of thiophene rings is 1. The smallest absolute Gasteiger partial charge is 0.241 e. The molecule has 0 saturated heterocycles. The molecule has 3 rings (SSSR count). The average Bonchev–Trinajstić information content (AvgIpc) is 3.13. The van der Waals surface area contributed by atoms with Gasteiger partial charge < -0.3 is 15.2 Å². The molecule has 0 radical (unpaired) electrons. The van der Waals surface area contributed by atoms with Gasteiger partial charge in [-0.3, -0.25) is 0 Å². The first-order valence-electron chi connectivity index (χ1n) is 6.24. The minimum absolute atomic E-state index is 0.187. The van der Waals surface area contributed by atoms with Gasteiger partial charge in [0.05, 0.1) is 4.90 Å². The Balaban J connectivity index is 1.71. The lowest BCUT2D eigenvalue weighted by Crippen LogP contribution is -2.22. The molecule has 1 aliphatic rings. The predicted octanol–water partition coefficient (Wildman–Crippen LogP) is 1.41. The largest absolute Gasteiger partial charge is 0.454 e. The number of ether oxygens (including phenoxy) is 2. The maximum Gasteiger partial charge on any atom is 0.241 e. The van der Waals surface area contributed by atoms with Gasteiger partial charge in [-0.2, -0.15) is 0 Å². The molecule has 0 aliphatic carbocycles. The van der Waals surface area contributed by atoms with Crippen LogP contribution in [0.5, 0.6) is 11.5 Å². The molecule has 6 nitrogen and oxygen atoms in total. The van der Waals surface area contributed by atoms with Crippen molar-refractivity contribution in [2.75, 3.05) is 6.79 Å². The highest BCUT2D eigenvalue weighted by Crippen LogP contribution is 2.32. The summed E-state index contributed by atoms with van der Waals surface area (Å²) in [5, 5.41) is 1.59. The van der Waals surface area contributed by atoms with Crippen LogP contribution in [0.1, 0.15) is 10.4 Å². The van der Waals surface area contributed by atoms with Gasteiger partial charge >= 0.3 is 0 Å². The third-order valence-electron chi connectivity index (χ3n) is 3.04. The van der Waals surface area contributed by atoms with Gasteiger partial charge in [0.15, 0.2) is 11.5 Å². The maximum atomic E-state index is 12.2. The zero-order valence-corrected chi connectivity index (χ0v) is 12.7. The van der Waals surface area contributed by atoms with Crippen LogP contribution in [0.4, 0.5) is 0 Å². The van der Waals surface area contributed by atoms with E-state index in [9.17, 15) is 8.42 Å². The summed E-state index contributed by atoms with van der Waals surface area (Å²) < 4.78 is 37.4. The molecule has 0 bridgehead atoms. The van der Waals surface area contributed by atoms with Crippen LogP contribution in [0.25, 0.3) is 0 Å². The van der Waals surface area contributed by atoms with Crippen LogP contribution in [-0.2, 0) is 23.1 Å². The van der Waals surface area contributed by atoms with Gasteiger partial charge in [0.2, 0.25) is 16.8 Å². The number of hydrogen-bond donors (Lipinski definition) is 2. The summed E-state index contributed by atoms with van der Waals surface area (Å²) in [6.07, 6.45) is 0. The third kappa shape index (κ3) is 3.03. The van der Waals surface area contributed by atoms with Crippen molar-refractivity contribution in [3.8, 4) is 11.5 Å². The van der Waals surface area contributed by atoms with Gasteiger partial charge in [-0.05, 0) is 23.8 Å². The number of nitrogens with one attached hydrogen (secondary N) is 1. The highest BCUT2D eigenvalue weighted by molar-refractivity contribution is 7.89. The van der Waals surface area contributed by atoms with Crippen LogP contribution in [0.15, 0.2) is 34.5 Å². The van der Waals surface area contributed by atoms with E-state index in [1.807, 2.05) is 0 Å². The van der Waals surface area contributed by atoms with E-state index in [0.29, 0.717) is 18.0 Å². The molecule has 3 N–H and O–H groups in total. The van der Waals surface area contributed by atoms with Gasteiger partial charge in [-0.15, -0.1) is 11.3 Å². The van der Waals surface area contributed by atoms with E-state index in [2.05, 4.69) is 4.72 Å². The van der Waals surface area contributed by atoms with Crippen LogP contribution in [0.2, 0.25) is 0 Å². The molecule has 1 aromatic heterocycles. The normalized spacial score (nSPS) is 13.6. The number of nitrogens with two attached hydrogens (primary N) is 1. The van der Waals surface area contributed by atoms with Crippen molar-refractivity contribution < 1.29 is 17.9 Å². The van der Waals surface area contributed by atoms with Crippen LogP contribution in [0.3, 0.4) is 0 Å². The molecule has 0 saturated carbocycles. The summed E-state index contributed by atoms with van der Waals surface area (Å²) in [5.74, 6) is 1.31. The molecule has 0 atom stereocenters. The topological polar surface area (TPSA) is 90.7 Å². The van der Waals surface area contributed by atoms with Crippen molar-refractivity contribution in [2.45, 2.75) is 18.0 Å². The molecule has 1 aromatic carbocycles. The fourth-order valence-electron chi connectivity index (χ4n) is 1.92. The summed E-state index contributed by atoms with van der Waals surface area (Å²) in [6, 6.07) is 6.93. The minimum atomic E-state index is -3.53. The first-order valence-corrected chi connectivity index (χ1v) is 8.60. The van der Waals surface area contributed by atoms with Gasteiger partial charge in [0, 0.05) is 23.3 Å². The van der Waals surface area contributed by atoms with Gasteiger partial charge in [0.1, 0.15) is 0 Å². The van der Waals surface area contributed by atoms with Crippen molar-refractivity contribution in [1.82, 2.24) is 4.72 Å². The summed E-state index contributed by atoms with van der Waals surface area (Å²) in [7, 11) is -3.53. The van der Waals surface area contributed by atoms with E-state index in [0.717, 1.165) is 10.4 Å². The molecule has 2 aromatic rings. The van der Waals surface area contributed by atoms with Gasteiger partial charge in [-0.25, -0.2) is 13.1 Å². The Hall–Kier alpha value is -1.61. The Morgan fingerprint density at radius 3 is 2.81 bits per heavy atom. The number of hydrogen-bond acceptors (Lipinski definition) is 6. The zero-order chi connectivity index (χ0) is 14.9. The molecule has 2 heterocycles. The number of fused-ring (bicyclic) bond motifs is 1. The molecular formula is C13H14N2O4S2. The Morgan fingerprint density at radius 1 is 1.24 bits per heavy atom. The quantitative estimate of drug-likeness (QED) is 0.867. The second-order valence-corrected chi connectivity index (χ2v) is 7.23. The Labute approximate surface area is 126 Å². The SMILES string of the molecule is NCc1cc(S(=O)(=O)NCc2ccc3c(c2)OCO3)cs1. The lowest BCUT2D eigenvalue weighted by molar-refractivity contribution is 0.174. The minimum Gasteiger partial charge on any atom is -0.454 e. The first-order chi connectivity index (χ1) is 10.1. The van der Waals surface area contributed by atoms with Crippen molar-refractivity contribution in [1.29, 1.82) is 0 Å². The second kappa shape index (κ2) is 5.64. The Morgan fingerprint density at radius 2 is 2.05 bits per heavy atom. The van der Waals surface area contributed by atoms with Gasteiger partial charge in [-0.1, -0.05) is 6.07 Å². The van der Waals surface area contributed by atoms with E-state index in [1.165, 1.54) is 11.3 Å². The lowest BCUT2D eigenvalue weighted by atomic mass is 10.2. The van der Waals surface area contributed by atoms with Crippen molar-refractivity contribution >= 4 is 21.4 Å². The highest BCUT2D eigenvalue weighted by atomic mass is 32.2. The third-order valence-corrected chi connectivity index (χ3v) is 5.53.